The van der Waals surface area contributed by atoms with Crippen LogP contribution in [0.1, 0.15) is 18.1 Å². The first-order valence-electron chi connectivity index (χ1n) is 9.63. The first-order valence-corrected chi connectivity index (χ1v) is 11.6. The summed E-state index contributed by atoms with van der Waals surface area (Å²) in [6.07, 6.45) is 2.44. The molecule has 4 aromatic rings. The van der Waals surface area contributed by atoms with E-state index in [1.165, 1.54) is 17.3 Å². The number of hydrogen-bond acceptors (Lipinski definition) is 6. The monoisotopic (exact) mass is 438 g/mol. The number of benzene rings is 1. The molecule has 0 saturated heterocycles. The largest absolute Gasteiger partial charge is 0.461 e. The zero-order chi connectivity index (χ0) is 20.8. The molecule has 1 atom stereocenters. The van der Waals surface area contributed by atoms with Crippen LogP contribution in [0.3, 0.4) is 0 Å². The summed E-state index contributed by atoms with van der Waals surface area (Å²) in [6.45, 7) is 2.62. The minimum Gasteiger partial charge on any atom is -0.461 e. The quantitative estimate of drug-likeness (QED) is 0.390. The van der Waals surface area contributed by atoms with Gasteiger partial charge in [-0.05, 0) is 53.4 Å². The predicted molar refractivity (Wildman–Crippen MR) is 120 cm³/mol. The third-order valence-electron chi connectivity index (χ3n) is 4.50. The Morgan fingerprint density at radius 3 is 2.77 bits per heavy atom. The Morgan fingerprint density at radius 2 is 2.03 bits per heavy atom. The van der Waals surface area contributed by atoms with Gasteiger partial charge in [-0.1, -0.05) is 42.1 Å². The van der Waals surface area contributed by atoms with Crippen molar-refractivity contribution in [3.63, 3.8) is 0 Å². The number of furan rings is 1. The minimum absolute atomic E-state index is 0.0171. The Labute approximate surface area is 183 Å². The Balaban J connectivity index is 1.43. The predicted octanol–water partition coefficient (Wildman–Crippen LogP) is 4.49. The highest BCUT2D eigenvalue weighted by Gasteiger charge is 2.18. The van der Waals surface area contributed by atoms with Crippen molar-refractivity contribution in [2.45, 2.75) is 31.1 Å². The molecular weight excluding hydrogens is 416 g/mol. The van der Waals surface area contributed by atoms with Crippen molar-refractivity contribution < 1.29 is 9.21 Å². The van der Waals surface area contributed by atoms with Gasteiger partial charge in [0.05, 0.1) is 18.6 Å². The average molecular weight is 439 g/mol. The van der Waals surface area contributed by atoms with Crippen LogP contribution in [0, 0.1) is 0 Å². The molecule has 8 heteroatoms. The summed E-state index contributed by atoms with van der Waals surface area (Å²) in [5, 5.41) is 16.5. The van der Waals surface area contributed by atoms with Gasteiger partial charge in [-0.15, -0.1) is 10.2 Å². The van der Waals surface area contributed by atoms with Gasteiger partial charge >= 0.3 is 0 Å². The smallest absolute Gasteiger partial charge is 0.230 e. The maximum absolute atomic E-state index is 12.5. The summed E-state index contributed by atoms with van der Waals surface area (Å²) < 4.78 is 7.52. The third-order valence-corrected chi connectivity index (χ3v) is 6.20. The van der Waals surface area contributed by atoms with Gasteiger partial charge in [-0.25, -0.2) is 0 Å². The molecule has 1 N–H and O–H groups in total. The number of nitrogens with zero attached hydrogens (tertiary/aromatic N) is 3. The van der Waals surface area contributed by atoms with Crippen LogP contribution in [0.2, 0.25) is 0 Å². The van der Waals surface area contributed by atoms with Crippen molar-refractivity contribution in [2.75, 3.05) is 5.75 Å². The molecule has 0 aliphatic carbocycles. The molecule has 1 amide bonds. The highest BCUT2D eigenvalue weighted by Crippen LogP contribution is 2.25. The molecule has 30 heavy (non-hydrogen) atoms. The summed E-state index contributed by atoms with van der Waals surface area (Å²) >= 11 is 3.05. The van der Waals surface area contributed by atoms with Crippen molar-refractivity contribution >= 4 is 29.0 Å². The highest BCUT2D eigenvalue weighted by atomic mass is 32.2. The molecule has 154 valence electrons. The van der Waals surface area contributed by atoms with E-state index in [-0.39, 0.29) is 17.7 Å². The number of rotatable bonds is 9. The fourth-order valence-corrected chi connectivity index (χ4v) is 4.58. The second kappa shape index (κ2) is 9.77. The van der Waals surface area contributed by atoms with Crippen LogP contribution in [-0.4, -0.2) is 32.5 Å². The van der Waals surface area contributed by atoms with E-state index >= 15 is 0 Å². The van der Waals surface area contributed by atoms with Gasteiger partial charge in [-0.3, -0.25) is 9.36 Å². The van der Waals surface area contributed by atoms with E-state index in [0.717, 1.165) is 12.0 Å². The molecule has 0 saturated carbocycles. The van der Waals surface area contributed by atoms with Gasteiger partial charge in [0.25, 0.3) is 0 Å². The molecule has 0 aliphatic heterocycles. The molecule has 0 radical (unpaired) electrons. The maximum atomic E-state index is 12.5. The molecular formula is C22H22N4O2S2. The van der Waals surface area contributed by atoms with Gasteiger partial charge < -0.3 is 9.73 Å². The molecule has 3 aromatic heterocycles. The van der Waals surface area contributed by atoms with E-state index < -0.39 is 0 Å². The Morgan fingerprint density at radius 1 is 1.17 bits per heavy atom. The van der Waals surface area contributed by atoms with Crippen LogP contribution in [0.15, 0.2) is 75.1 Å². The number of carbonyl (C=O) groups excluding carboxylic acids is 1. The Bertz CT molecular complexity index is 1060. The summed E-state index contributed by atoms with van der Waals surface area (Å²) in [7, 11) is 0. The summed E-state index contributed by atoms with van der Waals surface area (Å²) in [6, 6.07) is 15.9. The minimum atomic E-state index is -0.0171. The number of amides is 1. The lowest BCUT2D eigenvalue weighted by atomic mass is 10.1. The molecule has 4 rings (SSSR count). The number of carbonyl (C=O) groups is 1. The van der Waals surface area contributed by atoms with Gasteiger partial charge in [0.2, 0.25) is 11.7 Å². The zero-order valence-corrected chi connectivity index (χ0v) is 18.2. The van der Waals surface area contributed by atoms with Crippen molar-refractivity contribution in [3.8, 4) is 11.6 Å². The average Bonchev–Trinajstić information content (AvgIpc) is 3.49. The fourth-order valence-electron chi connectivity index (χ4n) is 3.15. The molecule has 3 heterocycles. The number of hydrogen-bond donors (Lipinski definition) is 1. The number of thiophene rings is 1. The first kappa shape index (κ1) is 20.4. The first-order chi connectivity index (χ1) is 14.7. The van der Waals surface area contributed by atoms with Crippen LogP contribution in [0.25, 0.3) is 11.6 Å². The topological polar surface area (TPSA) is 73.0 Å². The van der Waals surface area contributed by atoms with E-state index in [1.54, 1.807) is 17.6 Å². The molecule has 0 spiro atoms. The van der Waals surface area contributed by atoms with Crippen molar-refractivity contribution in [2.24, 2.45) is 0 Å². The van der Waals surface area contributed by atoms with Crippen molar-refractivity contribution in [3.05, 3.63) is 76.7 Å². The van der Waals surface area contributed by atoms with Crippen LogP contribution in [0.5, 0.6) is 0 Å². The lowest BCUT2D eigenvalue weighted by Crippen LogP contribution is -2.35. The van der Waals surface area contributed by atoms with E-state index in [1.807, 2.05) is 41.8 Å². The van der Waals surface area contributed by atoms with Gasteiger partial charge in [0.15, 0.2) is 10.9 Å². The van der Waals surface area contributed by atoms with Crippen LogP contribution < -0.4 is 5.32 Å². The second-order valence-electron chi connectivity index (χ2n) is 6.95. The summed E-state index contributed by atoms with van der Waals surface area (Å²) in [5.41, 5.74) is 2.37. The molecule has 0 bridgehead atoms. The summed E-state index contributed by atoms with van der Waals surface area (Å²) in [5.74, 6) is 1.56. The molecule has 1 aromatic carbocycles. The standard InChI is InChI=1S/C22H22N4O2S2/c1-16(12-18-9-11-29-14-18)23-20(27)15-30-22-25-24-21(19-8-5-10-28-19)26(22)13-17-6-3-2-4-7-17/h2-11,14,16H,12-13,15H2,1H3,(H,23,27). The molecule has 0 fully saturated rings. The van der Waals surface area contributed by atoms with E-state index in [2.05, 4.69) is 44.5 Å². The van der Waals surface area contributed by atoms with Gasteiger partial charge in [0, 0.05) is 6.04 Å². The lowest BCUT2D eigenvalue weighted by Gasteiger charge is -2.13. The number of aromatic nitrogens is 3. The van der Waals surface area contributed by atoms with Crippen LogP contribution in [0.4, 0.5) is 0 Å². The lowest BCUT2D eigenvalue weighted by molar-refractivity contribution is -0.119. The van der Waals surface area contributed by atoms with E-state index in [0.29, 0.717) is 23.3 Å². The SMILES string of the molecule is CC(Cc1ccsc1)NC(=O)CSc1nnc(-c2ccco2)n1Cc1ccccc1. The highest BCUT2D eigenvalue weighted by molar-refractivity contribution is 7.99. The van der Waals surface area contributed by atoms with Crippen LogP contribution >= 0.6 is 23.1 Å². The second-order valence-corrected chi connectivity index (χ2v) is 8.67. The zero-order valence-electron chi connectivity index (χ0n) is 16.5. The Hall–Kier alpha value is -2.84. The van der Waals surface area contributed by atoms with E-state index in [4.69, 9.17) is 4.42 Å². The van der Waals surface area contributed by atoms with Gasteiger partial charge in [0.1, 0.15) is 0 Å². The summed E-state index contributed by atoms with van der Waals surface area (Å²) in [4.78, 5) is 12.5. The van der Waals surface area contributed by atoms with Crippen molar-refractivity contribution in [1.29, 1.82) is 0 Å². The number of thioether (sulfide) groups is 1. The number of nitrogens with one attached hydrogen (secondary N) is 1. The molecule has 0 aliphatic rings. The normalized spacial score (nSPS) is 12.0. The molecule has 1 unspecified atom stereocenters. The van der Waals surface area contributed by atoms with E-state index in [9.17, 15) is 4.79 Å². The van der Waals surface area contributed by atoms with Crippen molar-refractivity contribution in [1.82, 2.24) is 20.1 Å². The maximum Gasteiger partial charge on any atom is 0.230 e. The molecule has 6 nitrogen and oxygen atoms in total. The fraction of sp³-hybridized carbons (Fsp3) is 0.227. The van der Waals surface area contributed by atoms with Crippen LogP contribution in [-0.2, 0) is 17.8 Å². The Kier molecular flexibility index (Phi) is 6.66. The van der Waals surface area contributed by atoms with Gasteiger partial charge in [-0.2, -0.15) is 11.3 Å². The third kappa shape index (κ3) is 5.20.